The number of hydrogen-bond donors (Lipinski definition) is 2. The second kappa shape index (κ2) is 7.13. The zero-order chi connectivity index (χ0) is 18.8. The molecule has 0 radical (unpaired) electrons. The summed E-state index contributed by atoms with van der Waals surface area (Å²) >= 11 is 1.47. The Bertz CT molecular complexity index is 959. The Balaban J connectivity index is 2.11. The van der Waals surface area contributed by atoms with Crippen molar-refractivity contribution < 1.29 is 9.59 Å². The van der Waals surface area contributed by atoms with Gasteiger partial charge >= 0.3 is 0 Å². The van der Waals surface area contributed by atoms with Gasteiger partial charge in [0.05, 0.1) is 17.7 Å². The Morgan fingerprint density at radius 1 is 1.23 bits per heavy atom. The molecule has 26 heavy (non-hydrogen) atoms. The maximum Gasteiger partial charge on any atom is 0.251 e. The molecule has 1 unspecified atom stereocenters. The van der Waals surface area contributed by atoms with Crippen molar-refractivity contribution in [2.75, 3.05) is 0 Å². The zero-order valence-electron chi connectivity index (χ0n) is 14.6. The lowest BCUT2D eigenvalue weighted by molar-refractivity contribution is -0.117. The molecule has 3 aromatic rings. The van der Waals surface area contributed by atoms with E-state index in [1.165, 1.54) is 11.3 Å². The van der Waals surface area contributed by atoms with E-state index in [2.05, 4.69) is 24.0 Å². The van der Waals surface area contributed by atoms with Crippen LogP contribution < -0.4 is 11.5 Å². The normalized spacial score (nSPS) is 12.1. The minimum absolute atomic E-state index is 0.0422. The maximum absolute atomic E-state index is 12.0. The van der Waals surface area contributed by atoms with E-state index in [4.69, 9.17) is 11.5 Å². The molecule has 6 nitrogen and oxygen atoms in total. The van der Waals surface area contributed by atoms with Crippen LogP contribution in [0.3, 0.4) is 0 Å². The van der Waals surface area contributed by atoms with Crippen molar-refractivity contribution in [3.63, 3.8) is 0 Å². The van der Waals surface area contributed by atoms with E-state index in [0.717, 1.165) is 10.4 Å². The average Bonchev–Trinajstić information content (AvgIpc) is 3.18. The molecular formula is C19H20N4O2S. The van der Waals surface area contributed by atoms with Gasteiger partial charge in [0.1, 0.15) is 10.8 Å². The van der Waals surface area contributed by atoms with Crippen LogP contribution in [0.2, 0.25) is 0 Å². The summed E-state index contributed by atoms with van der Waals surface area (Å²) in [6, 6.07) is 11.9. The highest BCUT2D eigenvalue weighted by molar-refractivity contribution is 7.15. The zero-order valence-corrected chi connectivity index (χ0v) is 15.4. The molecule has 0 aliphatic carbocycles. The van der Waals surface area contributed by atoms with Crippen molar-refractivity contribution in [3.8, 4) is 5.00 Å². The summed E-state index contributed by atoms with van der Waals surface area (Å²) in [6.07, 6.45) is 1.64. The SMILES string of the molecule is Cc1ncc(CC(N)=O)n1-c1sc(C(C)c2ccccc2)cc1C(N)=O. The molecular weight excluding hydrogens is 348 g/mol. The van der Waals surface area contributed by atoms with Crippen molar-refractivity contribution in [2.24, 2.45) is 11.5 Å². The van der Waals surface area contributed by atoms with Gasteiger partial charge in [-0.1, -0.05) is 37.3 Å². The second-order valence-electron chi connectivity index (χ2n) is 6.14. The topological polar surface area (TPSA) is 104 Å². The standard InChI is InChI=1S/C19H20N4O2S/c1-11(13-6-4-3-5-7-13)16-9-15(18(21)25)19(26-16)23-12(2)22-10-14(23)8-17(20)24/h3-7,9-11H,8H2,1-2H3,(H2,20,24)(H2,21,25). The first-order chi connectivity index (χ1) is 12.4. The molecule has 7 heteroatoms. The Labute approximate surface area is 155 Å². The number of amides is 2. The summed E-state index contributed by atoms with van der Waals surface area (Å²) < 4.78 is 1.79. The van der Waals surface area contributed by atoms with E-state index in [0.29, 0.717) is 22.1 Å². The molecule has 3 rings (SSSR count). The third kappa shape index (κ3) is 3.39. The smallest absolute Gasteiger partial charge is 0.251 e. The van der Waals surface area contributed by atoms with Crippen LogP contribution >= 0.6 is 11.3 Å². The fraction of sp³-hybridized carbons (Fsp3) is 0.211. The van der Waals surface area contributed by atoms with Gasteiger partial charge in [0.2, 0.25) is 5.91 Å². The Morgan fingerprint density at radius 2 is 1.92 bits per heavy atom. The van der Waals surface area contributed by atoms with Gasteiger partial charge in [-0.3, -0.25) is 14.2 Å². The van der Waals surface area contributed by atoms with Gasteiger partial charge < -0.3 is 11.5 Å². The first-order valence-corrected chi connectivity index (χ1v) is 9.00. The van der Waals surface area contributed by atoms with Crippen LogP contribution in [0.5, 0.6) is 0 Å². The third-order valence-electron chi connectivity index (χ3n) is 4.29. The number of hydrogen-bond acceptors (Lipinski definition) is 4. The molecule has 2 aromatic heterocycles. The number of imidazole rings is 1. The van der Waals surface area contributed by atoms with Crippen LogP contribution in [0.4, 0.5) is 0 Å². The number of aryl methyl sites for hydroxylation is 1. The summed E-state index contributed by atoms with van der Waals surface area (Å²) in [7, 11) is 0. The average molecular weight is 368 g/mol. The highest BCUT2D eigenvalue weighted by Crippen LogP contribution is 2.36. The number of nitrogens with zero attached hydrogens (tertiary/aromatic N) is 2. The lowest BCUT2D eigenvalue weighted by Crippen LogP contribution is -2.18. The van der Waals surface area contributed by atoms with E-state index in [1.807, 2.05) is 31.2 Å². The van der Waals surface area contributed by atoms with Gasteiger partial charge in [0, 0.05) is 17.0 Å². The Morgan fingerprint density at radius 3 is 2.54 bits per heavy atom. The number of benzene rings is 1. The van der Waals surface area contributed by atoms with E-state index < -0.39 is 11.8 Å². The summed E-state index contributed by atoms with van der Waals surface area (Å²) in [6.45, 7) is 3.90. The first-order valence-electron chi connectivity index (χ1n) is 8.18. The van der Waals surface area contributed by atoms with Crippen LogP contribution in [-0.4, -0.2) is 21.4 Å². The van der Waals surface area contributed by atoms with Gasteiger partial charge in [-0.15, -0.1) is 11.3 Å². The van der Waals surface area contributed by atoms with Crippen LogP contribution in [0.1, 0.15) is 45.2 Å². The number of nitrogens with two attached hydrogens (primary N) is 2. The predicted octanol–water partition coefficient (Wildman–Crippen LogP) is 2.52. The molecule has 0 bridgehead atoms. The van der Waals surface area contributed by atoms with E-state index in [1.54, 1.807) is 10.8 Å². The minimum atomic E-state index is -0.513. The third-order valence-corrected chi connectivity index (χ3v) is 5.60. The highest BCUT2D eigenvalue weighted by Gasteiger charge is 2.22. The Kier molecular flexibility index (Phi) is 4.90. The number of carbonyl (C=O) groups excluding carboxylic acids is 2. The van der Waals surface area contributed by atoms with Crippen LogP contribution in [0.25, 0.3) is 5.00 Å². The molecule has 2 amide bonds. The molecule has 0 spiro atoms. The predicted molar refractivity (Wildman–Crippen MR) is 102 cm³/mol. The van der Waals surface area contributed by atoms with Crippen molar-refractivity contribution in [1.29, 1.82) is 0 Å². The van der Waals surface area contributed by atoms with Gasteiger partial charge in [-0.2, -0.15) is 0 Å². The van der Waals surface area contributed by atoms with Crippen molar-refractivity contribution in [1.82, 2.24) is 9.55 Å². The maximum atomic E-state index is 12.0. The summed E-state index contributed by atoms with van der Waals surface area (Å²) in [5, 5.41) is 0.668. The molecule has 0 saturated carbocycles. The van der Waals surface area contributed by atoms with Gasteiger partial charge in [0.15, 0.2) is 0 Å². The van der Waals surface area contributed by atoms with Crippen molar-refractivity contribution in [2.45, 2.75) is 26.2 Å². The number of rotatable bonds is 6. The van der Waals surface area contributed by atoms with Crippen LogP contribution in [-0.2, 0) is 11.2 Å². The number of thiophene rings is 1. The molecule has 134 valence electrons. The fourth-order valence-corrected chi connectivity index (χ4v) is 4.26. The van der Waals surface area contributed by atoms with Gasteiger partial charge in [-0.05, 0) is 18.6 Å². The van der Waals surface area contributed by atoms with Crippen molar-refractivity contribution in [3.05, 3.63) is 70.1 Å². The first kappa shape index (κ1) is 17.9. The molecule has 0 fully saturated rings. The van der Waals surface area contributed by atoms with Gasteiger partial charge in [-0.25, -0.2) is 4.98 Å². The van der Waals surface area contributed by atoms with Crippen LogP contribution in [0.15, 0.2) is 42.6 Å². The van der Waals surface area contributed by atoms with E-state index in [9.17, 15) is 9.59 Å². The molecule has 2 heterocycles. The summed E-state index contributed by atoms with van der Waals surface area (Å²) in [5.41, 5.74) is 13.2. The number of carbonyl (C=O) groups is 2. The number of primary amides is 2. The van der Waals surface area contributed by atoms with Crippen molar-refractivity contribution >= 4 is 23.2 Å². The minimum Gasteiger partial charge on any atom is -0.369 e. The van der Waals surface area contributed by atoms with E-state index in [-0.39, 0.29) is 12.3 Å². The molecule has 1 atom stereocenters. The fourth-order valence-electron chi connectivity index (χ4n) is 2.93. The molecule has 0 aliphatic heterocycles. The summed E-state index contributed by atoms with van der Waals surface area (Å²) in [5.74, 6) is -0.192. The largest absolute Gasteiger partial charge is 0.369 e. The molecule has 1 aromatic carbocycles. The quantitative estimate of drug-likeness (QED) is 0.698. The number of aromatic nitrogens is 2. The monoisotopic (exact) mass is 368 g/mol. The highest BCUT2D eigenvalue weighted by atomic mass is 32.1. The lowest BCUT2D eigenvalue weighted by atomic mass is 9.99. The van der Waals surface area contributed by atoms with E-state index >= 15 is 0 Å². The lowest BCUT2D eigenvalue weighted by Gasteiger charge is -2.10. The molecule has 0 aliphatic rings. The molecule has 0 saturated heterocycles. The van der Waals surface area contributed by atoms with Crippen LogP contribution in [0, 0.1) is 6.92 Å². The van der Waals surface area contributed by atoms with Gasteiger partial charge in [0.25, 0.3) is 5.91 Å². The molecule has 4 N–H and O–H groups in total. The second-order valence-corrected chi connectivity index (χ2v) is 7.20. The summed E-state index contributed by atoms with van der Waals surface area (Å²) in [4.78, 5) is 28.7. The Hall–Kier alpha value is -2.93.